The molecule has 6 aromatic carbocycles. The number of anilines is 1. The number of fused-ring (bicyclic) bond motifs is 2. The van der Waals surface area contributed by atoms with Crippen LogP contribution in [0.15, 0.2) is 72.8 Å². The van der Waals surface area contributed by atoms with Crippen molar-refractivity contribution in [1.82, 2.24) is 0 Å². The molecule has 0 aromatic heterocycles. The number of hydrogen-bond acceptors (Lipinski definition) is 3. The van der Waals surface area contributed by atoms with Gasteiger partial charge in [-0.25, -0.2) is 4.90 Å². The Morgan fingerprint density at radius 3 is 1.66 bits per heavy atom. The van der Waals surface area contributed by atoms with Crippen LogP contribution in [-0.2, 0) is 6.42 Å². The van der Waals surface area contributed by atoms with Gasteiger partial charge in [-0.15, -0.1) is 0 Å². The maximum atomic E-state index is 14.5. The monoisotopic (exact) mass is 539 g/mol. The summed E-state index contributed by atoms with van der Waals surface area (Å²) in [6, 6.07) is 24.9. The maximum Gasteiger partial charge on any atom is 0.266 e. The fourth-order valence-electron chi connectivity index (χ4n) is 6.94. The van der Waals surface area contributed by atoms with Crippen molar-refractivity contribution in [1.29, 1.82) is 0 Å². The first-order chi connectivity index (χ1) is 19.8. The Morgan fingerprint density at radius 2 is 1.17 bits per heavy atom. The van der Waals surface area contributed by atoms with Crippen molar-refractivity contribution in [3.05, 3.63) is 101 Å². The molecule has 0 radical (unpaired) electrons. The third kappa shape index (κ3) is 3.63. The van der Waals surface area contributed by atoms with E-state index >= 15 is 0 Å². The summed E-state index contributed by atoms with van der Waals surface area (Å²) < 4.78 is 0. The molecule has 1 aliphatic heterocycles. The normalized spacial score (nSPS) is 13.8. The minimum atomic E-state index is -0.268. The van der Waals surface area contributed by atoms with E-state index in [0.29, 0.717) is 23.2 Å². The number of imide groups is 1. The fourth-order valence-corrected chi connectivity index (χ4v) is 6.94. The Morgan fingerprint density at radius 1 is 0.659 bits per heavy atom. The molecule has 4 nitrogen and oxygen atoms in total. The molecule has 0 bridgehead atoms. The molecule has 1 aliphatic rings. The molecule has 4 heteroatoms. The van der Waals surface area contributed by atoms with Crippen LogP contribution in [0.25, 0.3) is 43.1 Å². The molecule has 0 unspecified atom stereocenters. The highest BCUT2D eigenvalue weighted by atomic mass is 16.3. The first kappa shape index (κ1) is 25.7. The van der Waals surface area contributed by atoms with E-state index in [-0.39, 0.29) is 30.3 Å². The first-order valence-corrected chi connectivity index (χ1v) is 14.6. The number of carbonyl (C=O) groups excluding carboxylic acids is 2. The molecule has 0 aliphatic carbocycles. The number of hydrogen-bond donors (Lipinski definition) is 1. The van der Waals surface area contributed by atoms with E-state index in [9.17, 15) is 14.7 Å². The van der Waals surface area contributed by atoms with Crippen LogP contribution in [0.5, 0.6) is 0 Å². The Labute approximate surface area is 239 Å². The number of aliphatic hydroxyl groups is 1. The van der Waals surface area contributed by atoms with Crippen LogP contribution in [0, 0.1) is 0 Å². The Bertz CT molecular complexity index is 1910. The van der Waals surface area contributed by atoms with Gasteiger partial charge in [-0.3, -0.25) is 9.59 Å². The van der Waals surface area contributed by atoms with Gasteiger partial charge < -0.3 is 5.11 Å². The van der Waals surface area contributed by atoms with Crippen LogP contribution in [0.2, 0.25) is 0 Å². The van der Waals surface area contributed by atoms with Crippen molar-refractivity contribution in [2.45, 2.75) is 52.4 Å². The molecular formula is C37H33NO3. The van der Waals surface area contributed by atoms with Gasteiger partial charge in [0, 0.05) is 23.1 Å². The highest BCUT2D eigenvalue weighted by Gasteiger charge is 2.38. The van der Waals surface area contributed by atoms with Gasteiger partial charge in [-0.2, -0.15) is 0 Å². The average Bonchev–Trinajstić information content (AvgIpc) is 2.97. The van der Waals surface area contributed by atoms with Crippen LogP contribution in [0.4, 0.5) is 5.69 Å². The summed E-state index contributed by atoms with van der Waals surface area (Å²) in [4.78, 5) is 30.4. The number of amides is 2. The van der Waals surface area contributed by atoms with Crippen molar-refractivity contribution in [2.75, 3.05) is 11.5 Å². The molecule has 204 valence electrons. The van der Waals surface area contributed by atoms with Crippen molar-refractivity contribution in [3.63, 3.8) is 0 Å². The van der Waals surface area contributed by atoms with Gasteiger partial charge >= 0.3 is 0 Å². The van der Waals surface area contributed by atoms with Crippen molar-refractivity contribution in [2.24, 2.45) is 0 Å². The molecule has 0 saturated heterocycles. The molecule has 2 amide bonds. The number of carbonyl (C=O) groups is 2. The third-order valence-electron chi connectivity index (χ3n) is 8.83. The van der Waals surface area contributed by atoms with E-state index in [2.05, 4.69) is 88.4 Å². The van der Waals surface area contributed by atoms with E-state index in [0.717, 1.165) is 55.4 Å². The summed E-state index contributed by atoms with van der Waals surface area (Å²) in [5.41, 5.74) is 4.95. The topological polar surface area (TPSA) is 57.6 Å². The molecule has 7 rings (SSSR count). The zero-order chi connectivity index (χ0) is 28.6. The Hall–Kier alpha value is -4.28. The lowest BCUT2D eigenvalue weighted by Crippen LogP contribution is -2.42. The zero-order valence-electron chi connectivity index (χ0n) is 23.9. The van der Waals surface area contributed by atoms with Crippen LogP contribution in [-0.4, -0.2) is 23.5 Å². The lowest BCUT2D eigenvalue weighted by molar-refractivity contribution is 0.0893. The van der Waals surface area contributed by atoms with Gasteiger partial charge in [-0.05, 0) is 91.2 Å². The summed E-state index contributed by atoms with van der Waals surface area (Å²) in [6.45, 7) is 8.55. The molecule has 0 fully saturated rings. The second-order valence-corrected chi connectivity index (χ2v) is 12.0. The second-order valence-electron chi connectivity index (χ2n) is 12.0. The lowest BCUT2D eigenvalue weighted by Gasteiger charge is -2.33. The minimum Gasteiger partial charge on any atom is -0.396 e. The summed E-state index contributed by atoms with van der Waals surface area (Å²) in [6.07, 6.45) is 1.42. The van der Waals surface area contributed by atoms with Gasteiger partial charge in [0.2, 0.25) is 0 Å². The average molecular weight is 540 g/mol. The van der Waals surface area contributed by atoms with Gasteiger partial charge in [0.1, 0.15) is 0 Å². The summed E-state index contributed by atoms with van der Waals surface area (Å²) >= 11 is 0. The van der Waals surface area contributed by atoms with Gasteiger partial charge in [0.15, 0.2) is 0 Å². The smallest absolute Gasteiger partial charge is 0.266 e. The van der Waals surface area contributed by atoms with E-state index in [1.165, 1.54) is 15.7 Å². The highest BCUT2D eigenvalue weighted by molar-refractivity contribution is 6.42. The van der Waals surface area contributed by atoms with Gasteiger partial charge in [0.25, 0.3) is 11.8 Å². The van der Waals surface area contributed by atoms with Crippen LogP contribution >= 0.6 is 0 Å². The number of aliphatic hydroxyl groups excluding tert-OH is 1. The summed E-state index contributed by atoms with van der Waals surface area (Å²) in [7, 11) is 0. The van der Waals surface area contributed by atoms with Crippen LogP contribution in [0.3, 0.4) is 0 Å². The van der Waals surface area contributed by atoms with Gasteiger partial charge in [0.05, 0.1) is 5.69 Å². The van der Waals surface area contributed by atoms with Crippen molar-refractivity contribution in [3.8, 4) is 0 Å². The first-order valence-electron chi connectivity index (χ1n) is 14.6. The molecule has 41 heavy (non-hydrogen) atoms. The Balaban J connectivity index is 1.51. The predicted octanol–water partition coefficient (Wildman–Crippen LogP) is 8.71. The van der Waals surface area contributed by atoms with E-state index in [1.54, 1.807) is 0 Å². The Kier molecular flexibility index (Phi) is 5.88. The molecule has 0 atom stereocenters. The van der Waals surface area contributed by atoms with E-state index < -0.39 is 0 Å². The summed E-state index contributed by atoms with van der Waals surface area (Å²) in [5, 5.41) is 18.0. The number of benzene rings is 6. The molecule has 1 N–H and O–H groups in total. The SMILES string of the molecule is CC(C)c1cc(CCCO)cc(C(C)C)c1N1C(=O)c2ccc3c4cccc5cccc(c6ccc(c2c36)C1=O)c54. The van der Waals surface area contributed by atoms with Crippen molar-refractivity contribution >= 4 is 60.6 Å². The van der Waals surface area contributed by atoms with E-state index in [4.69, 9.17) is 0 Å². The predicted molar refractivity (Wildman–Crippen MR) is 169 cm³/mol. The maximum absolute atomic E-state index is 14.5. The molecule has 0 saturated carbocycles. The minimum absolute atomic E-state index is 0.103. The lowest BCUT2D eigenvalue weighted by atomic mass is 9.83. The molecule has 6 aromatic rings. The van der Waals surface area contributed by atoms with Crippen molar-refractivity contribution < 1.29 is 14.7 Å². The molecular weight excluding hydrogens is 506 g/mol. The number of rotatable bonds is 6. The number of aryl methyl sites for hydroxylation is 1. The molecule has 1 heterocycles. The molecule has 0 spiro atoms. The second kappa shape index (κ2) is 9.39. The van der Waals surface area contributed by atoms with Gasteiger partial charge in [-0.1, -0.05) is 88.4 Å². The highest BCUT2D eigenvalue weighted by Crippen LogP contribution is 2.46. The number of nitrogens with zero attached hydrogens (tertiary/aromatic N) is 1. The standard InChI is InChI=1S/C37H33NO3/c1-20(2)30-18-22(8-7-17-39)19-31(21(3)4)35(30)38-36(40)28-15-13-26-24-11-5-9-23-10-6-12-25(32(23)24)27-14-16-29(37(38)41)34(28)33(26)27/h5-6,9-16,18-21,39H,7-8,17H2,1-4H3. The fraction of sp³-hybridized carbons (Fsp3) is 0.243. The largest absolute Gasteiger partial charge is 0.396 e. The van der Waals surface area contributed by atoms with Crippen LogP contribution in [0.1, 0.15) is 83.4 Å². The van der Waals surface area contributed by atoms with Crippen LogP contribution < -0.4 is 4.90 Å². The quantitative estimate of drug-likeness (QED) is 0.131. The third-order valence-corrected chi connectivity index (χ3v) is 8.83. The van der Waals surface area contributed by atoms with E-state index in [1.807, 2.05) is 12.1 Å². The summed E-state index contributed by atoms with van der Waals surface area (Å²) in [5.74, 6) is -0.331. The zero-order valence-corrected chi connectivity index (χ0v) is 23.9.